The van der Waals surface area contributed by atoms with Gasteiger partial charge >= 0.3 is 0 Å². The molecule has 3 fully saturated rings. The molecule has 0 spiro atoms. The molecule has 5 nitrogen and oxygen atoms in total. The smallest absolute Gasteiger partial charge is 0.228 e. The van der Waals surface area contributed by atoms with Gasteiger partial charge in [0, 0.05) is 37.8 Å². The zero-order chi connectivity index (χ0) is 20.3. The quantitative estimate of drug-likeness (QED) is 0.717. The van der Waals surface area contributed by atoms with Gasteiger partial charge in [-0.3, -0.25) is 9.59 Å². The molecule has 29 heavy (non-hydrogen) atoms. The molecule has 1 aromatic rings. The van der Waals surface area contributed by atoms with Crippen LogP contribution in [0.3, 0.4) is 0 Å². The lowest BCUT2D eigenvalue weighted by Crippen LogP contribution is -2.50. The van der Waals surface area contributed by atoms with Crippen molar-refractivity contribution in [2.75, 3.05) is 19.8 Å². The highest BCUT2D eigenvalue weighted by molar-refractivity contribution is 5.87. The van der Waals surface area contributed by atoms with Crippen LogP contribution in [0.1, 0.15) is 57.4 Å². The van der Waals surface area contributed by atoms with Gasteiger partial charge in [0.05, 0.1) is 5.41 Å². The van der Waals surface area contributed by atoms with Gasteiger partial charge in [0.1, 0.15) is 0 Å². The molecular formula is C24H34N2O3. The molecule has 158 valence electrons. The highest BCUT2D eigenvalue weighted by Crippen LogP contribution is 2.52. The number of hydrogen-bond donors (Lipinski definition) is 1. The van der Waals surface area contributed by atoms with Gasteiger partial charge in [-0.1, -0.05) is 37.3 Å². The van der Waals surface area contributed by atoms with E-state index in [2.05, 4.69) is 41.4 Å². The fourth-order valence-corrected chi connectivity index (χ4v) is 5.77. The third-order valence-electron chi connectivity index (χ3n) is 7.42. The van der Waals surface area contributed by atoms with E-state index in [0.29, 0.717) is 19.8 Å². The Hall–Kier alpha value is -1.88. The molecule has 0 aromatic heterocycles. The predicted octanol–water partition coefficient (Wildman–Crippen LogP) is 3.32. The second kappa shape index (κ2) is 8.86. The Balaban J connectivity index is 1.36. The molecule has 3 atom stereocenters. The number of benzene rings is 1. The van der Waals surface area contributed by atoms with Crippen LogP contribution in [0.25, 0.3) is 0 Å². The average molecular weight is 399 g/mol. The van der Waals surface area contributed by atoms with Crippen molar-refractivity contribution in [1.82, 2.24) is 10.2 Å². The fourth-order valence-electron chi connectivity index (χ4n) is 5.77. The van der Waals surface area contributed by atoms with Gasteiger partial charge < -0.3 is 15.0 Å². The van der Waals surface area contributed by atoms with E-state index >= 15 is 0 Å². The van der Waals surface area contributed by atoms with Crippen LogP contribution < -0.4 is 5.32 Å². The zero-order valence-corrected chi connectivity index (χ0v) is 17.6. The van der Waals surface area contributed by atoms with Crippen LogP contribution in [0.2, 0.25) is 0 Å². The maximum Gasteiger partial charge on any atom is 0.228 e. The van der Waals surface area contributed by atoms with Crippen molar-refractivity contribution >= 4 is 11.8 Å². The molecule has 0 radical (unpaired) electrons. The number of hydrogen-bond acceptors (Lipinski definition) is 3. The number of carbonyl (C=O) groups is 2. The highest BCUT2D eigenvalue weighted by Gasteiger charge is 2.60. The van der Waals surface area contributed by atoms with E-state index in [9.17, 15) is 9.59 Å². The lowest BCUT2D eigenvalue weighted by Gasteiger charge is -2.36. The Kier molecular flexibility index (Phi) is 6.23. The maximum atomic E-state index is 13.3. The first-order valence-corrected chi connectivity index (χ1v) is 11.4. The van der Waals surface area contributed by atoms with Crippen LogP contribution in [0, 0.1) is 11.3 Å². The minimum absolute atomic E-state index is 0.0713. The van der Waals surface area contributed by atoms with Crippen LogP contribution in [0.4, 0.5) is 0 Å². The van der Waals surface area contributed by atoms with E-state index in [-0.39, 0.29) is 29.8 Å². The number of rotatable bonds is 7. The molecule has 1 aromatic carbocycles. The fraction of sp³-hybridized carbons (Fsp3) is 0.667. The van der Waals surface area contributed by atoms with E-state index in [0.717, 1.165) is 51.4 Å². The zero-order valence-electron chi connectivity index (χ0n) is 17.6. The predicted molar refractivity (Wildman–Crippen MR) is 112 cm³/mol. The van der Waals surface area contributed by atoms with Crippen LogP contribution in [-0.4, -0.2) is 48.6 Å². The van der Waals surface area contributed by atoms with E-state index in [1.165, 1.54) is 5.56 Å². The molecular weight excluding hydrogens is 364 g/mol. The molecule has 4 rings (SSSR count). The highest BCUT2D eigenvalue weighted by atomic mass is 16.5. The molecule has 0 unspecified atom stereocenters. The number of amides is 2. The van der Waals surface area contributed by atoms with Crippen molar-refractivity contribution < 1.29 is 14.3 Å². The summed E-state index contributed by atoms with van der Waals surface area (Å²) in [7, 11) is 0. The first-order chi connectivity index (χ1) is 14.2. The Labute approximate surface area is 174 Å². The molecule has 3 aliphatic heterocycles. The Morgan fingerprint density at radius 1 is 1.14 bits per heavy atom. The Morgan fingerprint density at radius 3 is 2.62 bits per heavy atom. The summed E-state index contributed by atoms with van der Waals surface area (Å²) in [4.78, 5) is 28.6. The van der Waals surface area contributed by atoms with Gasteiger partial charge in [-0.25, -0.2) is 0 Å². The SMILES string of the molecule is CC[C@@]1(C(=O)NCCCc2ccccc2)C[C@@H]2CC[C@H]1N2C(=O)C1CCOCC1. The third kappa shape index (κ3) is 3.94. The standard InChI is InChI=1S/C24H34N2O3/c1-2-24(23(28)25-14-6-9-18-7-4-3-5-8-18)17-20-10-11-21(24)26(20)22(27)19-12-15-29-16-13-19/h3-5,7-8,19-21H,2,6,9-17H2,1H3,(H,25,28)/t20-,21+,24+/m0/s1. The number of nitrogens with zero attached hydrogens (tertiary/aromatic N) is 1. The van der Waals surface area contributed by atoms with Crippen LogP contribution >= 0.6 is 0 Å². The number of nitrogens with one attached hydrogen (secondary N) is 1. The summed E-state index contributed by atoms with van der Waals surface area (Å²) in [6.07, 6.45) is 7.19. The van der Waals surface area contributed by atoms with Gasteiger partial charge in [-0.05, 0) is 56.9 Å². The molecule has 0 aliphatic carbocycles. The van der Waals surface area contributed by atoms with Crippen LogP contribution in [-0.2, 0) is 20.7 Å². The summed E-state index contributed by atoms with van der Waals surface area (Å²) in [5, 5.41) is 3.21. The van der Waals surface area contributed by atoms with Crippen molar-refractivity contribution in [3.05, 3.63) is 35.9 Å². The summed E-state index contributed by atoms with van der Waals surface area (Å²) >= 11 is 0. The van der Waals surface area contributed by atoms with Crippen LogP contribution in [0.5, 0.6) is 0 Å². The molecule has 3 saturated heterocycles. The largest absolute Gasteiger partial charge is 0.381 e. The summed E-state index contributed by atoms with van der Waals surface area (Å²) in [6.45, 7) is 4.17. The third-order valence-corrected chi connectivity index (χ3v) is 7.42. The van der Waals surface area contributed by atoms with Gasteiger partial charge in [-0.15, -0.1) is 0 Å². The average Bonchev–Trinajstić information content (AvgIpc) is 3.34. The molecule has 5 heteroatoms. The molecule has 0 saturated carbocycles. The van der Waals surface area contributed by atoms with Crippen molar-refractivity contribution in [3.8, 4) is 0 Å². The van der Waals surface area contributed by atoms with Crippen molar-refractivity contribution in [2.45, 2.75) is 70.4 Å². The number of ether oxygens (including phenoxy) is 1. The minimum atomic E-state index is -0.406. The van der Waals surface area contributed by atoms with Crippen molar-refractivity contribution in [3.63, 3.8) is 0 Å². The van der Waals surface area contributed by atoms with E-state index in [1.54, 1.807) is 0 Å². The minimum Gasteiger partial charge on any atom is -0.381 e. The van der Waals surface area contributed by atoms with Crippen molar-refractivity contribution in [1.29, 1.82) is 0 Å². The number of fused-ring (bicyclic) bond motifs is 2. The van der Waals surface area contributed by atoms with Gasteiger partial charge in [-0.2, -0.15) is 0 Å². The normalized spacial score (nSPS) is 29.2. The van der Waals surface area contributed by atoms with Gasteiger partial charge in [0.2, 0.25) is 11.8 Å². The second-order valence-electron chi connectivity index (χ2n) is 8.94. The lowest BCUT2D eigenvalue weighted by atomic mass is 9.71. The van der Waals surface area contributed by atoms with E-state index in [1.807, 2.05) is 6.07 Å². The summed E-state index contributed by atoms with van der Waals surface area (Å²) in [5.41, 5.74) is 0.899. The van der Waals surface area contributed by atoms with Gasteiger partial charge in [0.15, 0.2) is 0 Å². The molecule has 3 aliphatic rings. The summed E-state index contributed by atoms with van der Waals surface area (Å²) in [5.74, 6) is 0.506. The first-order valence-electron chi connectivity index (χ1n) is 11.4. The monoisotopic (exact) mass is 398 g/mol. The summed E-state index contributed by atoms with van der Waals surface area (Å²) < 4.78 is 5.43. The first kappa shape index (κ1) is 20.4. The molecule has 2 amide bonds. The van der Waals surface area contributed by atoms with Gasteiger partial charge in [0.25, 0.3) is 0 Å². The molecule has 1 N–H and O–H groups in total. The van der Waals surface area contributed by atoms with Crippen LogP contribution in [0.15, 0.2) is 30.3 Å². The Morgan fingerprint density at radius 2 is 1.90 bits per heavy atom. The lowest BCUT2D eigenvalue weighted by molar-refractivity contribution is -0.142. The molecule has 3 heterocycles. The number of aryl methyl sites for hydroxylation is 1. The van der Waals surface area contributed by atoms with E-state index < -0.39 is 5.41 Å². The van der Waals surface area contributed by atoms with E-state index in [4.69, 9.17) is 4.74 Å². The van der Waals surface area contributed by atoms with Crippen molar-refractivity contribution in [2.24, 2.45) is 11.3 Å². The maximum absolute atomic E-state index is 13.3. The summed E-state index contributed by atoms with van der Waals surface area (Å²) in [6, 6.07) is 10.7. The topological polar surface area (TPSA) is 58.6 Å². The Bertz CT molecular complexity index is 716. The second-order valence-corrected chi connectivity index (χ2v) is 8.94. The number of carbonyl (C=O) groups excluding carboxylic acids is 2. The molecule has 2 bridgehead atoms.